The number of aryl methyl sites for hydroxylation is 1. The van der Waals surface area contributed by atoms with Gasteiger partial charge in [0.05, 0.1) is 0 Å². The fourth-order valence-corrected chi connectivity index (χ4v) is 3.43. The van der Waals surface area contributed by atoms with Gasteiger partial charge >= 0.3 is 0 Å². The molecule has 1 saturated heterocycles. The van der Waals surface area contributed by atoms with Crippen LogP contribution in [0.25, 0.3) is 0 Å². The van der Waals surface area contributed by atoms with E-state index < -0.39 is 0 Å². The number of hydrogen-bond acceptors (Lipinski definition) is 4. The van der Waals surface area contributed by atoms with E-state index in [-0.39, 0.29) is 18.0 Å². The highest BCUT2D eigenvalue weighted by molar-refractivity contribution is 9.11. The molecule has 2 aliphatic heterocycles. The number of carbonyl (C=O) groups is 3. The predicted octanol–water partition coefficient (Wildman–Crippen LogP) is 4.70. The van der Waals surface area contributed by atoms with Gasteiger partial charge in [-0.25, -0.2) is 0 Å². The first-order valence-electron chi connectivity index (χ1n) is 11.4. The third-order valence-corrected chi connectivity index (χ3v) is 5.33. The summed E-state index contributed by atoms with van der Waals surface area (Å²) in [7, 11) is 0. The zero-order chi connectivity index (χ0) is 26.1. The van der Waals surface area contributed by atoms with Crippen molar-refractivity contribution >= 4 is 39.8 Å². The quantitative estimate of drug-likeness (QED) is 0.276. The summed E-state index contributed by atoms with van der Waals surface area (Å²) < 4.78 is 0.969. The van der Waals surface area contributed by atoms with Crippen molar-refractivity contribution in [3.05, 3.63) is 89.1 Å². The first-order chi connectivity index (χ1) is 16.8. The first-order valence-corrected chi connectivity index (χ1v) is 12.2. The van der Waals surface area contributed by atoms with E-state index in [2.05, 4.69) is 38.5 Å². The molecule has 1 atom stereocenters. The third-order valence-electron chi connectivity index (χ3n) is 4.84. The van der Waals surface area contributed by atoms with Gasteiger partial charge in [-0.15, -0.1) is 0 Å². The fourth-order valence-electron chi connectivity index (χ4n) is 3.15. The van der Waals surface area contributed by atoms with E-state index in [1.54, 1.807) is 18.4 Å². The van der Waals surface area contributed by atoms with Crippen molar-refractivity contribution in [2.24, 2.45) is 0 Å². The summed E-state index contributed by atoms with van der Waals surface area (Å²) in [6, 6.07) is 7.70. The van der Waals surface area contributed by atoms with Crippen molar-refractivity contribution in [3.63, 3.8) is 0 Å². The van der Waals surface area contributed by atoms with Gasteiger partial charge in [-0.3, -0.25) is 14.4 Å². The molecule has 0 spiro atoms. The SMILES string of the molecule is C=C/C=C(\C=C/C)C(=O)N1CCCC1.CC(=O)Nc1ccccc1C.O=CNC1C=CC(Br)=CN1. The van der Waals surface area contributed by atoms with E-state index in [9.17, 15) is 14.4 Å². The minimum atomic E-state index is -0.0706. The minimum Gasteiger partial charge on any atom is -0.367 e. The molecule has 0 aromatic heterocycles. The van der Waals surface area contributed by atoms with Crippen LogP contribution in [-0.2, 0) is 14.4 Å². The number of nitrogens with one attached hydrogen (secondary N) is 3. The number of likely N-dealkylation sites (tertiary alicyclic amines) is 1. The van der Waals surface area contributed by atoms with E-state index in [0.717, 1.165) is 47.2 Å². The Kier molecular flexibility index (Phi) is 14.5. The van der Waals surface area contributed by atoms with Gasteiger partial charge < -0.3 is 20.9 Å². The van der Waals surface area contributed by atoms with Crippen LogP contribution in [-0.4, -0.2) is 42.4 Å². The van der Waals surface area contributed by atoms with Crippen LogP contribution in [0.3, 0.4) is 0 Å². The van der Waals surface area contributed by atoms with Gasteiger partial charge in [-0.1, -0.05) is 49.1 Å². The molecule has 1 unspecified atom stereocenters. The Balaban J connectivity index is 0.000000267. The molecule has 3 rings (SSSR count). The van der Waals surface area contributed by atoms with Crippen LogP contribution >= 0.6 is 15.9 Å². The minimum absolute atomic E-state index is 0.0284. The van der Waals surface area contributed by atoms with Gasteiger partial charge in [0.1, 0.15) is 6.17 Å². The Morgan fingerprint density at radius 3 is 2.43 bits per heavy atom. The molecule has 0 radical (unpaired) electrons. The maximum absolute atomic E-state index is 11.9. The molecule has 3 N–H and O–H groups in total. The maximum Gasteiger partial charge on any atom is 0.253 e. The number of benzene rings is 1. The highest BCUT2D eigenvalue weighted by Crippen LogP contribution is 2.13. The van der Waals surface area contributed by atoms with E-state index in [4.69, 9.17) is 0 Å². The molecule has 1 aromatic carbocycles. The van der Waals surface area contributed by atoms with Crippen molar-refractivity contribution in [1.82, 2.24) is 15.5 Å². The van der Waals surface area contributed by atoms with Crippen LogP contribution in [0.2, 0.25) is 0 Å². The van der Waals surface area contributed by atoms with Crippen molar-refractivity contribution in [2.75, 3.05) is 18.4 Å². The number of anilines is 1. The van der Waals surface area contributed by atoms with Gasteiger partial charge in [0.15, 0.2) is 0 Å². The third kappa shape index (κ3) is 12.0. The Hall–Kier alpha value is -3.39. The standard InChI is InChI=1S/C12H17NO.C9H11NO.C6H7BrN2O/c1-3-7-11(8-4-2)12(14)13-9-5-6-10-13;1-7-5-3-4-6-9(7)10-8(2)11;7-5-1-2-6(8-3-5)9-4-10/h3-4,7-8H,1,5-6,9-10H2,2H3;3-6H,1-2H3,(H,10,11);1-4,6,8H,(H,9,10)/b8-4-,11-7+;;. The lowest BCUT2D eigenvalue weighted by molar-refractivity contribution is -0.125. The summed E-state index contributed by atoms with van der Waals surface area (Å²) in [5.74, 6) is 0.0970. The molecule has 8 heteroatoms. The summed E-state index contributed by atoms with van der Waals surface area (Å²) in [4.78, 5) is 34.4. The second-order valence-corrected chi connectivity index (χ2v) is 8.59. The number of dihydropyridines is 1. The number of nitrogens with zero attached hydrogens (tertiary/aromatic N) is 1. The molecule has 1 fully saturated rings. The fraction of sp³-hybridized carbons (Fsp3) is 0.296. The highest BCUT2D eigenvalue weighted by atomic mass is 79.9. The van der Waals surface area contributed by atoms with Crippen LogP contribution in [0.5, 0.6) is 0 Å². The van der Waals surface area contributed by atoms with Gasteiger partial charge in [0.25, 0.3) is 5.91 Å². The van der Waals surface area contributed by atoms with Crippen LogP contribution in [0.15, 0.2) is 83.6 Å². The van der Waals surface area contributed by atoms with Gasteiger partial charge in [0.2, 0.25) is 12.3 Å². The topological polar surface area (TPSA) is 90.5 Å². The number of halogens is 1. The molecule has 0 bridgehead atoms. The van der Waals surface area contributed by atoms with Gasteiger partial charge in [-0.05, 0) is 66.4 Å². The molecule has 2 heterocycles. The second-order valence-electron chi connectivity index (χ2n) is 7.67. The van der Waals surface area contributed by atoms with Crippen molar-refractivity contribution < 1.29 is 14.4 Å². The summed E-state index contributed by atoms with van der Waals surface area (Å²) in [5, 5.41) is 8.23. The smallest absolute Gasteiger partial charge is 0.253 e. The number of para-hydroxylation sites is 1. The molecule has 2 aliphatic rings. The summed E-state index contributed by atoms with van der Waals surface area (Å²) in [6.45, 7) is 10.8. The normalized spacial score (nSPS) is 16.6. The zero-order valence-corrected chi connectivity index (χ0v) is 22.2. The van der Waals surface area contributed by atoms with Crippen molar-refractivity contribution in [3.8, 4) is 0 Å². The van der Waals surface area contributed by atoms with Crippen LogP contribution in [0.1, 0.15) is 32.3 Å². The van der Waals surface area contributed by atoms with Crippen molar-refractivity contribution in [1.29, 1.82) is 0 Å². The zero-order valence-electron chi connectivity index (χ0n) is 20.6. The number of rotatable bonds is 6. The Morgan fingerprint density at radius 1 is 1.23 bits per heavy atom. The number of hydrogen-bond donors (Lipinski definition) is 3. The van der Waals surface area contributed by atoms with E-state index in [0.29, 0.717) is 6.41 Å². The lowest BCUT2D eigenvalue weighted by atomic mass is 10.2. The Labute approximate surface area is 216 Å². The molecule has 3 amide bonds. The molecular formula is C27H35BrN4O3. The second kappa shape index (κ2) is 17.1. The van der Waals surface area contributed by atoms with E-state index in [1.807, 2.05) is 67.3 Å². The van der Waals surface area contributed by atoms with E-state index >= 15 is 0 Å². The number of carbonyl (C=O) groups excluding carboxylic acids is 3. The lowest BCUT2D eigenvalue weighted by Gasteiger charge is -2.15. The maximum atomic E-state index is 11.9. The molecule has 0 aliphatic carbocycles. The van der Waals surface area contributed by atoms with Gasteiger partial charge in [-0.2, -0.15) is 0 Å². The summed E-state index contributed by atoms with van der Waals surface area (Å²) in [5.41, 5.74) is 2.70. The van der Waals surface area contributed by atoms with Gasteiger partial charge in [0, 0.05) is 42.0 Å². The first kappa shape index (κ1) is 29.6. The molecule has 7 nitrogen and oxygen atoms in total. The highest BCUT2D eigenvalue weighted by Gasteiger charge is 2.19. The number of amides is 3. The molecule has 188 valence electrons. The van der Waals surface area contributed by atoms with Crippen LogP contribution < -0.4 is 16.0 Å². The largest absolute Gasteiger partial charge is 0.367 e. The average molecular weight is 544 g/mol. The predicted molar refractivity (Wildman–Crippen MR) is 147 cm³/mol. The Bertz CT molecular complexity index is 976. The molecule has 0 saturated carbocycles. The summed E-state index contributed by atoms with van der Waals surface area (Å²) >= 11 is 3.26. The lowest BCUT2D eigenvalue weighted by Crippen LogP contribution is -2.38. The molecule has 35 heavy (non-hydrogen) atoms. The monoisotopic (exact) mass is 542 g/mol. The van der Waals surface area contributed by atoms with Crippen LogP contribution in [0, 0.1) is 6.92 Å². The Morgan fingerprint density at radius 2 is 1.91 bits per heavy atom. The molecule has 1 aromatic rings. The average Bonchev–Trinajstić information content (AvgIpc) is 3.37. The number of allylic oxidation sites excluding steroid dienone is 5. The van der Waals surface area contributed by atoms with E-state index in [1.165, 1.54) is 6.92 Å². The van der Waals surface area contributed by atoms with Crippen molar-refractivity contribution in [2.45, 2.75) is 39.8 Å². The molecular weight excluding hydrogens is 508 g/mol. The van der Waals surface area contributed by atoms with Crippen LogP contribution in [0.4, 0.5) is 5.69 Å². The summed E-state index contributed by atoms with van der Waals surface area (Å²) in [6.07, 6.45) is 15.5.